The summed E-state index contributed by atoms with van der Waals surface area (Å²) in [5.74, 6) is 1.43. The largest absolute Gasteiger partial charge is 0.495 e. The van der Waals surface area contributed by atoms with Gasteiger partial charge in [0.25, 0.3) is 0 Å². The van der Waals surface area contributed by atoms with E-state index in [4.69, 9.17) is 21.1 Å². The second-order valence-corrected chi connectivity index (χ2v) is 8.98. The molecule has 1 aliphatic heterocycles. The SMILES string of the molecule is C=C/C=c1\c(=C/C)n([C@@H]2CCCN(C(=O)C=C)C2)c(=O)n1-c1ccc(Oc2cccc(OC)c2Cl)cc1. The molecular weight excluding hydrogens is 490 g/mol. The number of aromatic nitrogens is 2. The van der Waals surface area contributed by atoms with E-state index in [-0.39, 0.29) is 17.6 Å². The number of methoxy groups -OCH3 is 1. The number of likely N-dealkylation sites (tertiary alicyclic amines) is 1. The lowest BCUT2D eigenvalue weighted by Gasteiger charge is -2.32. The van der Waals surface area contributed by atoms with Gasteiger partial charge < -0.3 is 14.4 Å². The molecule has 0 aliphatic carbocycles. The zero-order valence-electron chi connectivity index (χ0n) is 21.0. The molecule has 0 saturated carbocycles. The number of benzene rings is 2. The zero-order chi connectivity index (χ0) is 26.5. The van der Waals surface area contributed by atoms with E-state index < -0.39 is 0 Å². The van der Waals surface area contributed by atoms with Gasteiger partial charge in [-0.3, -0.25) is 13.9 Å². The number of ether oxygens (including phenoxy) is 2. The Kier molecular flexibility index (Phi) is 8.04. The first-order chi connectivity index (χ1) is 17.9. The fourth-order valence-electron chi connectivity index (χ4n) is 4.72. The van der Waals surface area contributed by atoms with Gasteiger partial charge in [-0.05, 0) is 68.3 Å². The van der Waals surface area contributed by atoms with Crippen molar-refractivity contribution in [1.29, 1.82) is 0 Å². The maximum Gasteiger partial charge on any atom is 0.334 e. The van der Waals surface area contributed by atoms with Gasteiger partial charge >= 0.3 is 5.69 Å². The van der Waals surface area contributed by atoms with Gasteiger partial charge in [0.15, 0.2) is 0 Å². The van der Waals surface area contributed by atoms with E-state index in [1.165, 1.54) is 6.08 Å². The van der Waals surface area contributed by atoms with Gasteiger partial charge in [0.2, 0.25) is 5.91 Å². The number of imidazole rings is 1. The number of hydrogen-bond acceptors (Lipinski definition) is 4. The summed E-state index contributed by atoms with van der Waals surface area (Å²) >= 11 is 6.37. The van der Waals surface area contributed by atoms with Crippen LogP contribution in [0.5, 0.6) is 17.2 Å². The van der Waals surface area contributed by atoms with Crippen LogP contribution in [-0.2, 0) is 4.79 Å². The molecule has 4 rings (SSSR count). The van der Waals surface area contributed by atoms with E-state index in [9.17, 15) is 9.59 Å². The molecule has 1 saturated heterocycles. The maximum absolute atomic E-state index is 13.8. The predicted molar refractivity (Wildman–Crippen MR) is 147 cm³/mol. The molecule has 3 aromatic rings. The van der Waals surface area contributed by atoms with Crippen molar-refractivity contribution in [3.8, 4) is 22.9 Å². The number of piperidine rings is 1. The van der Waals surface area contributed by atoms with Crippen molar-refractivity contribution in [2.45, 2.75) is 25.8 Å². The first kappa shape index (κ1) is 26.1. The summed E-state index contributed by atoms with van der Waals surface area (Å²) in [7, 11) is 1.55. The Bertz CT molecular complexity index is 1500. The molecule has 1 aliphatic rings. The molecular formula is C29H30ClN3O4. The minimum atomic E-state index is -0.177. The molecule has 1 amide bonds. The molecule has 1 fully saturated rings. The van der Waals surface area contributed by atoms with Crippen LogP contribution in [0.3, 0.4) is 0 Å². The summed E-state index contributed by atoms with van der Waals surface area (Å²) in [6, 6.07) is 12.4. The smallest absolute Gasteiger partial charge is 0.334 e. The molecule has 2 aromatic carbocycles. The first-order valence-corrected chi connectivity index (χ1v) is 12.5. The summed E-state index contributed by atoms with van der Waals surface area (Å²) in [6.45, 7) is 10.5. The van der Waals surface area contributed by atoms with Gasteiger partial charge in [-0.1, -0.05) is 43.0 Å². The maximum atomic E-state index is 13.8. The van der Waals surface area contributed by atoms with Crippen LogP contribution in [0.1, 0.15) is 25.8 Å². The van der Waals surface area contributed by atoms with Gasteiger partial charge in [-0.2, -0.15) is 0 Å². The minimum Gasteiger partial charge on any atom is -0.495 e. The standard InChI is InChI=1S/C29H30ClN3O4/c1-5-10-24-23(6-2)33(21-11-9-18-31(19-21)27(34)7-3)29(35)32(24)20-14-16-22(17-15-20)37-26-13-8-12-25(36-4)28(26)30/h5-8,10,12-17,21H,1,3,9,11,18-19H2,2,4H3/b23-6+,24-10+/t21-/m1/s1. The normalized spacial score (nSPS) is 16.5. The number of amides is 1. The number of rotatable bonds is 7. The van der Waals surface area contributed by atoms with E-state index in [0.29, 0.717) is 41.0 Å². The highest BCUT2D eigenvalue weighted by Crippen LogP contribution is 2.36. The summed E-state index contributed by atoms with van der Waals surface area (Å²) in [5.41, 5.74) is 0.502. The van der Waals surface area contributed by atoms with Crippen LogP contribution >= 0.6 is 11.6 Å². The lowest BCUT2D eigenvalue weighted by Crippen LogP contribution is -2.45. The van der Waals surface area contributed by atoms with Crippen molar-refractivity contribution in [2.24, 2.45) is 0 Å². The zero-order valence-corrected chi connectivity index (χ0v) is 21.8. The van der Waals surface area contributed by atoms with Gasteiger partial charge in [0.05, 0.1) is 29.5 Å². The third kappa shape index (κ3) is 5.13. The molecule has 0 spiro atoms. The molecule has 192 valence electrons. The van der Waals surface area contributed by atoms with Crippen molar-refractivity contribution >= 4 is 29.7 Å². The third-order valence-electron chi connectivity index (χ3n) is 6.43. The van der Waals surface area contributed by atoms with Gasteiger partial charge in [-0.15, -0.1) is 0 Å². The van der Waals surface area contributed by atoms with Gasteiger partial charge in [0.1, 0.15) is 22.3 Å². The van der Waals surface area contributed by atoms with Crippen LogP contribution in [0.4, 0.5) is 0 Å². The number of carbonyl (C=O) groups excluding carboxylic acids is 1. The Labute approximate surface area is 220 Å². The van der Waals surface area contributed by atoms with Gasteiger partial charge in [0, 0.05) is 13.1 Å². The fourth-order valence-corrected chi connectivity index (χ4v) is 4.97. The molecule has 1 atom stereocenters. The van der Waals surface area contributed by atoms with E-state index in [1.54, 1.807) is 57.6 Å². The summed E-state index contributed by atoms with van der Waals surface area (Å²) < 4.78 is 14.7. The Morgan fingerprint density at radius 1 is 1.11 bits per heavy atom. The van der Waals surface area contributed by atoms with Crippen molar-refractivity contribution < 1.29 is 14.3 Å². The fraction of sp³-hybridized carbons (Fsp3) is 0.241. The Morgan fingerprint density at radius 3 is 2.49 bits per heavy atom. The third-order valence-corrected chi connectivity index (χ3v) is 6.80. The average Bonchev–Trinajstić information content (AvgIpc) is 3.20. The minimum absolute atomic E-state index is 0.121. The Morgan fingerprint density at radius 2 is 1.84 bits per heavy atom. The van der Waals surface area contributed by atoms with Crippen LogP contribution in [0.15, 0.2) is 72.6 Å². The number of allylic oxidation sites excluding steroid dienone is 1. The molecule has 37 heavy (non-hydrogen) atoms. The average molecular weight is 520 g/mol. The highest BCUT2D eigenvalue weighted by molar-refractivity contribution is 6.33. The molecule has 7 nitrogen and oxygen atoms in total. The molecule has 0 radical (unpaired) electrons. The van der Waals surface area contributed by atoms with Crippen molar-refractivity contribution in [2.75, 3.05) is 20.2 Å². The van der Waals surface area contributed by atoms with Crippen LogP contribution in [0, 0.1) is 0 Å². The lowest BCUT2D eigenvalue weighted by molar-refractivity contribution is -0.127. The predicted octanol–water partition coefficient (Wildman–Crippen LogP) is 4.21. The Balaban J connectivity index is 1.75. The summed E-state index contributed by atoms with van der Waals surface area (Å²) in [5, 5.41) is 1.88. The van der Waals surface area contributed by atoms with Crippen LogP contribution < -0.4 is 25.9 Å². The molecule has 0 N–H and O–H groups in total. The second kappa shape index (κ2) is 11.4. The highest BCUT2D eigenvalue weighted by Gasteiger charge is 2.27. The molecule has 1 aromatic heterocycles. The van der Waals surface area contributed by atoms with E-state index >= 15 is 0 Å². The number of hydrogen-bond donors (Lipinski definition) is 0. The highest BCUT2D eigenvalue weighted by atomic mass is 35.5. The molecule has 0 bridgehead atoms. The lowest BCUT2D eigenvalue weighted by atomic mass is 10.1. The van der Waals surface area contributed by atoms with Crippen molar-refractivity contribution in [3.05, 3.63) is 94.0 Å². The monoisotopic (exact) mass is 519 g/mol. The van der Waals surface area contributed by atoms with E-state index in [1.807, 2.05) is 31.2 Å². The summed E-state index contributed by atoms with van der Waals surface area (Å²) in [4.78, 5) is 27.9. The number of nitrogens with zero attached hydrogens (tertiary/aromatic N) is 3. The first-order valence-electron chi connectivity index (χ1n) is 12.1. The quantitative estimate of drug-likeness (QED) is 0.439. The summed E-state index contributed by atoms with van der Waals surface area (Å²) in [6.07, 6.45) is 8.34. The van der Waals surface area contributed by atoms with Crippen LogP contribution in [0.2, 0.25) is 5.02 Å². The van der Waals surface area contributed by atoms with Crippen molar-refractivity contribution in [3.63, 3.8) is 0 Å². The molecule has 0 unspecified atom stereocenters. The van der Waals surface area contributed by atoms with Crippen molar-refractivity contribution in [1.82, 2.24) is 14.0 Å². The Hall–Kier alpha value is -3.97. The molecule has 8 heteroatoms. The van der Waals surface area contributed by atoms with Crippen LogP contribution in [0.25, 0.3) is 17.8 Å². The van der Waals surface area contributed by atoms with Crippen LogP contribution in [-0.4, -0.2) is 40.1 Å². The van der Waals surface area contributed by atoms with E-state index in [2.05, 4.69) is 13.2 Å². The van der Waals surface area contributed by atoms with E-state index in [0.717, 1.165) is 23.5 Å². The number of halogens is 1. The number of carbonyl (C=O) groups is 1. The molecule has 2 heterocycles. The van der Waals surface area contributed by atoms with Gasteiger partial charge in [-0.25, -0.2) is 4.79 Å². The topological polar surface area (TPSA) is 65.7 Å². The second-order valence-electron chi connectivity index (χ2n) is 8.60.